The van der Waals surface area contributed by atoms with Crippen LogP contribution in [0.1, 0.15) is 24.6 Å². The minimum Gasteiger partial charge on any atom is -0.358 e. The molecule has 1 saturated heterocycles. The number of rotatable bonds is 4. The molecule has 2 aliphatic rings. The van der Waals surface area contributed by atoms with Crippen molar-refractivity contribution in [3.8, 4) is 0 Å². The summed E-state index contributed by atoms with van der Waals surface area (Å²) >= 11 is 6.12. The van der Waals surface area contributed by atoms with Crippen molar-refractivity contribution in [2.24, 2.45) is 0 Å². The monoisotopic (exact) mass is 309 g/mol. The van der Waals surface area contributed by atoms with Gasteiger partial charge in [0.2, 0.25) is 5.91 Å². The third kappa shape index (κ3) is 3.63. The van der Waals surface area contributed by atoms with Gasteiger partial charge in [0.05, 0.1) is 6.54 Å². The molecule has 1 aliphatic carbocycles. The third-order valence-electron chi connectivity index (χ3n) is 3.98. The Balaban J connectivity index is 1.62. The maximum Gasteiger partial charge on any atom is 0.233 e. The highest BCUT2D eigenvalue weighted by Crippen LogP contribution is 2.39. The lowest BCUT2D eigenvalue weighted by Gasteiger charge is -2.35. The van der Waals surface area contributed by atoms with Gasteiger partial charge < -0.3 is 10.2 Å². The van der Waals surface area contributed by atoms with E-state index in [0.717, 1.165) is 37.8 Å². The van der Waals surface area contributed by atoms with Gasteiger partial charge in [-0.3, -0.25) is 9.69 Å². The second-order valence-corrected chi connectivity index (χ2v) is 6.00. The van der Waals surface area contributed by atoms with Crippen LogP contribution in [0.25, 0.3) is 0 Å². The van der Waals surface area contributed by atoms with E-state index >= 15 is 0 Å². The fourth-order valence-electron chi connectivity index (χ4n) is 2.53. The molecule has 0 spiro atoms. The normalized spacial score (nSPS) is 19.6. The molecule has 1 aromatic heterocycles. The van der Waals surface area contributed by atoms with Gasteiger partial charge in [0.25, 0.3) is 0 Å². The zero-order valence-electron chi connectivity index (χ0n) is 12.2. The van der Waals surface area contributed by atoms with Crippen LogP contribution in [0.2, 0.25) is 5.15 Å². The van der Waals surface area contributed by atoms with Crippen LogP contribution in [-0.4, -0.2) is 60.5 Å². The Morgan fingerprint density at radius 3 is 2.67 bits per heavy atom. The van der Waals surface area contributed by atoms with Crippen LogP contribution in [0.4, 0.5) is 5.82 Å². The number of aromatic nitrogens is 2. The van der Waals surface area contributed by atoms with E-state index in [9.17, 15) is 4.79 Å². The van der Waals surface area contributed by atoms with Gasteiger partial charge in [-0.25, -0.2) is 9.97 Å². The number of hydrogen-bond acceptors (Lipinski definition) is 5. The smallest absolute Gasteiger partial charge is 0.233 e. The molecule has 0 atom stereocenters. The first-order valence-electron chi connectivity index (χ1n) is 7.38. The van der Waals surface area contributed by atoms with Crippen molar-refractivity contribution in [3.05, 3.63) is 17.0 Å². The van der Waals surface area contributed by atoms with Crippen LogP contribution in [-0.2, 0) is 4.79 Å². The second kappa shape index (κ2) is 6.15. The van der Waals surface area contributed by atoms with Gasteiger partial charge in [-0.05, 0) is 12.8 Å². The zero-order chi connectivity index (χ0) is 14.8. The molecule has 2 fully saturated rings. The lowest BCUT2D eigenvalue weighted by atomic mass is 10.3. The molecule has 0 bridgehead atoms. The van der Waals surface area contributed by atoms with E-state index in [-0.39, 0.29) is 5.91 Å². The summed E-state index contributed by atoms with van der Waals surface area (Å²) in [6, 6.07) is 1.84. The Morgan fingerprint density at radius 2 is 2.05 bits per heavy atom. The van der Waals surface area contributed by atoms with Crippen molar-refractivity contribution >= 4 is 23.3 Å². The van der Waals surface area contributed by atoms with Crippen molar-refractivity contribution in [1.29, 1.82) is 0 Å². The van der Waals surface area contributed by atoms with Crippen LogP contribution in [0.5, 0.6) is 0 Å². The second-order valence-electron chi connectivity index (χ2n) is 5.62. The van der Waals surface area contributed by atoms with Gasteiger partial charge in [-0.15, -0.1) is 0 Å². The van der Waals surface area contributed by atoms with E-state index in [2.05, 4.69) is 25.1 Å². The molecule has 1 aromatic rings. The highest BCUT2D eigenvalue weighted by atomic mass is 35.5. The summed E-state index contributed by atoms with van der Waals surface area (Å²) in [4.78, 5) is 24.7. The SMILES string of the molecule is CNC(=O)CN1CCN(c2cc(Cl)nc(C3CC3)n2)CC1. The Kier molecular flexibility index (Phi) is 4.26. The van der Waals surface area contributed by atoms with Gasteiger partial charge >= 0.3 is 0 Å². The largest absolute Gasteiger partial charge is 0.358 e. The molecule has 0 radical (unpaired) electrons. The summed E-state index contributed by atoms with van der Waals surface area (Å²) in [6.07, 6.45) is 2.33. The minimum absolute atomic E-state index is 0.0598. The molecule has 114 valence electrons. The summed E-state index contributed by atoms with van der Waals surface area (Å²) in [5, 5.41) is 3.18. The molecule has 6 nitrogen and oxygen atoms in total. The molecule has 1 amide bonds. The molecule has 21 heavy (non-hydrogen) atoms. The molecular formula is C14H20ClN5O. The van der Waals surface area contributed by atoms with E-state index in [4.69, 9.17) is 11.6 Å². The van der Waals surface area contributed by atoms with Crippen molar-refractivity contribution in [3.63, 3.8) is 0 Å². The summed E-state index contributed by atoms with van der Waals surface area (Å²) in [5.41, 5.74) is 0. The molecule has 2 heterocycles. The van der Waals surface area contributed by atoms with Crippen LogP contribution in [0.15, 0.2) is 6.07 Å². The van der Waals surface area contributed by atoms with Crippen LogP contribution >= 0.6 is 11.6 Å². The lowest BCUT2D eigenvalue weighted by Crippen LogP contribution is -2.49. The number of anilines is 1. The number of halogens is 1. The number of carbonyl (C=O) groups is 1. The van der Waals surface area contributed by atoms with E-state index < -0.39 is 0 Å². The number of carbonyl (C=O) groups excluding carboxylic acids is 1. The first kappa shape index (κ1) is 14.5. The van der Waals surface area contributed by atoms with Crippen molar-refractivity contribution in [2.45, 2.75) is 18.8 Å². The van der Waals surface area contributed by atoms with Gasteiger partial charge in [-0.1, -0.05) is 11.6 Å². The molecule has 1 aliphatic heterocycles. The molecule has 0 aromatic carbocycles. The van der Waals surface area contributed by atoms with E-state index in [0.29, 0.717) is 17.6 Å². The molecule has 3 rings (SSSR count). The maximum absolute atomic E-state index is 11.4. The predicted molar refractivity (Wildman–Crippen MR) is 81.7 cm³/mol. The van der Waals surface area contributed by atoms with Crippen LogP contribution in [0.3, 0.4) is 0 Å². The predicted octanol–water partition coefficient (Wildman–Crippen LogP) is 0.875. The van der Waals surface area contributed by atoms with Gasteiger partial charge in [0.1, 0.15) is 16.8 Å². The third-order valence-corrected chi connectivity index (χ3v) is 4.18. The minimum atomic E-state index is 0.0598. The van der Waals surface area contributed by atoms with Crippen molar-refractivity contribution in [1.82, 2.24) is 20.2 Å². The molecule has 0 unspecified atom stereocenters. The average molecular weight is 310 g/mol. The number of hydrogen-bond donors (Lipinski definition) is 1. The number of piperazine rings is 1. The Labute approximate surface area is 129 Å². The fraction of sp³-hybridized carbons (Fsp3) is 0.643. The molecule has 1 saturated carbocycles. The quantitative estimate of drug-likeness (QED) is 0.837. The number of amides is 1. The van der Waals surface area contributed by atoms with Gasteiger partial charge in [0, 0.05) is 45.2 Å². The number of nitrogens with one attached hydrogen (secondary N) is 1. The van der Waals surface area contributed by atoms with Gasteiger partial charge in [0.15, 0.2) is 0 Å². The van der Waals surface area contributed by atoms with Crippen LogP contribution < -0.4 is 10.2 Å². The Morgan fingerprint density at radius 1 is 1.33 bits per heavy atom. The highest BCUT2D eigenvalue weighted by Gasteiger charge is 2.28. The summed E-state index contributed by atoms with van der Waals surface area (Å²) in [6.45, 7) is 3.88. The molecule has 7 heteroatoms. The number of likely N-dealkylation sites (N-methyl/N-ethyl adjacent to an activating group) is 1. The van der Waals surface area contributed by atoms with Crippen LogP contribution in [0, 0.1) is 0 Å². The topological polar surface area (TPSA) is 61.4 Å². The first-order chi connectivity index (χ1) is 10.2. The van der Waals surface area contributed by atoms with Crippen molar-refractivity contribution < 1.29 is 4.79 Å². The fourth-order valence-corrected chi connectivity index (χ4v) is 2.71. The number of nitrogens with zero attached hydrogens (tertiary/aromatic N) is 4. The Hall–Kier alpha value is -1.40. The maximum atomic E-state index is 11.4. The zero-order valence-corrected chi connectivity index (χ0v) is 12.9. The highest BCUT2D eigenvalue weighted by molar-refractivity contribution is 6.29. The van der Waals surface area contributed by atoms with Gasteiger partial charge in [-0.2, -0.15) is 0 Å². The van der Waals surface area contributed by atoms with E-state index in [1.54, 1.807) is 7.05 Å². The molecular weight excluding hydrogens is 290 g/mol. The Bertz CT molecular complexity index is 526. The average Bonchev–Trinajstić information content (AvgIpc) is 3.32. The summed E-state index contributed by atoms with van der Waals surface area (Å²) < 4.78 is 0. The standard InChI is InChI=1S/C14H20ClN5O/c1-16-13(21)9-19-4-6-20(7-5-19)12-8-11(15)17-14(18-12)10-2-3-10/h8,10H,2-7,9H2,1H3,(H,16,21). The summed E-state index contributed by atoms with van der Waals surface area (Å²) in [7, 11) is 1.67. The summed E-state index contributed by atoms with van der Waals surface area (Å²) in [5.74, 6) is 2.35. The lowest BCUT2D eigenvalue weighted by molar-refractivity contribution is -0.121. The first-order valence-corrected chi connectivity index (χ1v) is 7.76. The van der Waals surface area contributed by atoms with Crippen molar-refractivity contribution in [2.75, 3.05) is 44.7 Å². The van der Waals surface area contributed by atoms with E-state index in [1.807, 2.05) is 6.07 Å². The molecule has 1 N–H and O–H groups in total. The van der Waals surface area contributed by atoms with E-state index in [1.165, 1.54) is 12.8 Å².